The summed E-state index contributed by atoms with van der Waals surface area (Å²) in [5.41, 5.74) is 7.38. The Balaban J connectivity index is 1.60. The fourth-order valence-electron chi connectivity index (χ4n) is 3.31. The lowest BCUT2D eigenvalue weighted by atomic mass is 10.0. The Bertz CT molecular complexity index is 1050. The third kappa shape index (κ3) is 5.22. The molecular formula is C22H25N5O3. The van der Waals surface area contributed by atoms with E-state index >= 15 is 0 Å². The van der Waals surface area contributed by atoms with Crippen LogP contribution in [-0.2, 0) is 27.3 Å². The first kappa shape index (κ1) is 21.0. The summed E-state index contributed by atoms with van der Waals surface area (Å²) in [6, 6.07) is 16.3. The maximum atomic E-state index is 12.4. The molecular weight excluding hydrogens is 382 g/mol. The number of hydrazine groups is 1. The van der Waals surface area contributed by atoms with E-state index in [1.165, 1.54) is 6.92 Å². The predicted octanol–water partition coefficient (Wildman–Crippen LogP) is 2.01. The van der Waals surface area contributed by atoms with E-state index in [4.69, 9.17) is 0 Å². The van der Waals surface area contributed by atoms with Crippen LogP contribution in [-0.4, -0.2) is 27.3 Å². The molecule has 0 spiro atoms. The highest BCUT2D eigenvalue weighted by Gasteiger charge is 2.18. The number of hydrogen-bond acceptors (Lipinski definition) is 4. The number of rotatable bonds is 7. The summed E-state index contributed by atoms with van der Waals surface area (Å²) in [7, 11) is 0. The molecule has 30 heavy (non-hydrogen) atoms. The van der Waals surface area contributed by atoms with Crippen molar-refractivity contribution in [2.24, 2.45) is 0 Å². The fourth-order valence-corrected chi connectivity index (χ4v) is 3.31. The average molecular weight is 407 g/mol. The van der Waals surface area contributed by atoms with Gasteiger partial charge in [0.25, 0.3) is 5.91 Å². The lowest BCUT2D eigenvalue weighted by molar-refractivity contribution is -0.129. The maximum Gasteiger partial charge on any atom is 0.258 e. The van der Waals surface area contributed by atoms with E-state index in [1.807, 2.05) is 66.1 Å². The van der Waals surface area contributed by atoms with Crippen LogP contribution in [0, 0.1) is 0 Å². The van der Waals surface area contributed by atoms with Crippen LogP contribution >= 0.6 is 0 Å². The second-order valence-electron chi connectivity index (χ2n) is 6.92. The minimum Gasteiger partial charge on any atom is -0.349 e. The molecule has 156 valence electrons. The molecule has 0 radical (unpaired) electrons. The van der Waals surface area contributed by atoms with Crippen molar-refractivity contribution in [1.29, 1.82) is 0 Å². The summed E-state index contributed by atoms with van der Waals surface area (Å²) in [5, 5.41) is 2.76. The summed E-state index contributed by atoms with van der Waals surface area (Å²) in [4.78, 5) is 40.8. The lowest BCUT2D eigenvalue weighted by Crippen LogP contribution is -2.44. The van der Waals surface area contributed by atoms with Gasteiger partial charge in [0.05, 0.1) is 23.5 Å². The van der Waals surface area contributed by atoms with Crippen molar-refractivity contribution in [3.8, 4) is 0 Å². The molecule has 8 nitrogen and oxygen atoms in total. The van der Waals surface area contributed by atoms with Gasteiger partial charge in [0.15, 0.2) is 0 Å². The van der Waals surface area contributed by atoms with Crippen molar-refractivity contribution in [3.05, 3.63) is 66.0 Å². The van der Waals surface area contributed by atoms with Crippen LogP contribution in [0.5, 0.6) is 0 Å². The summed E-state index contributed by atoms with van der Waals surface area (Å²) in [5.74, 6) is -0.207. The van der Waals surface area contributed by atoms with Gasteiger partial charge in [-0.05, 0) is 17.7 Å². The number of benzene rings is 2. The van der Waals surface area contributed by atoms with Crippen molar-refractivity contribution in [1.82, 2.24) is 25.7 Å². The molecule has 2 aromatic carbocycles. The van der Waals surface area contributed by atoms with Crippen LogP contribution in [0.1, 0.15) is 37.7 Å². The lowest BCUT2D eigenvalue weighted by Gasteiger charge is -2.18. The van der Waals surface area contributed by atoms with Gasteiger partial charge in [-0.1, -0.05) is 49.4 Å². The van der Waals surface area contributed by atoms with Crippen molar-refractivity contribution in [3.63, 3.8) is 0 Å². The maximum absolute atomic E-state index is 12.4. The molecule has 1 aromatic heterocycles. The van der Waals surface area contributed by atoms with Crippen LogP contribution in [0.25, 0.3) is 11.0 Å². The quantitative estimate of drug-likeness (QED) is 0.521. The summed E-state index contributed by atoms with van der Waals surface area (Å²) in [6.45, 7) is 3.41. The van der Waals surface area contributed by atoms with Crippen LogP contribution in [0.3, 0.4) is 0 Å². The fraction of sp³-hybridized carbons (Fsp3) is 0.273. The van der Waals surface area contributed by atoms with Crippen LogP contribution in [0.15, 0.2) is 54.6 Å². The first-order chi connectivity index (χ1) is 14.5. The Morgan fingerprint density at radius 1 is 0.967 bits per heavy atom. The Morgan fingerprint density at radius 3 is 2.33 bits per heavy atom. The van der Waals surface area contributed by atoms with E-state index in [0.717, 1.165) is 22.4 Å². The van der Waals surface area contributed by atoms with Gasteiger partial charge >= 0.3 is 0 Å². The summed E-state index contributed by atoms with van der Waals surface area (Å²) < 4.78 is 1.83. The smallest absolute Gasteiger partial charge is 0.258 e. The number of nitrogens with one attached hydrogen (secondary N) is 3. The molecule has 3 amide bonds. The molecule has 0 aliphatic heterocycles. The highest BCUT2D eigenvalue weighted by Crippen LogP contribution is 2.17. The van der Waals surface area contributed by atoms with Gasteiger partial charge in [0.1, 0.15) is 12.4 Å². The number of carbonyl (C=O) groups excluding carboxylic acids is 3. The van der Waals surface area contributed by atoms with E-state index in [2.05, 4.69) is 21.2 Å². The number of imidazole rings is 1. The molecule has 0 saturated carbocycles. The molecule has 8 heteroatoms. The van der Waals surface area contributed by atoms with Gasteiger partial charge in [-0.2, -0.15) is 0 Å². The second-order valence-corrected chi connectivity index (χ2v) is 6.92. The van der Waals surface area contributed by atoms with Gasteiger partial charge in [-0.15, -0.1) is 0 Å². The molecule has 0 fully saturated rings. The van der Waals surface area contributed by atoms with E-state index in [0.29, 0.717) is 6.42 Å². The molecule has 1 heterocycles. The highest BCUT2D eigenvalue weighted by atomic mass is 16.2. The minimum absolute atomic E-state index is 0.00190. The molecule has 0 aliphatic carbocycles. The van der Waals surface area contributed by atoms with E-state index < -0.39 is 11.9 Å². The van der Waals surface area contributed by atoms with Crippen LogP contribution in [0.2, 0.25) is 0 Å². The number of para-hydroxylation sites is 2. The number of aromatic nitrogens is 2. The Hall–Kier alpha value is -3.68. The average Bonchev–Trinajstić information content (AvgIpc) is 3.09. The van der Waals surface area contributed by atoms with Gasteiger partial charge in [-0.25, -0.2) is 4.98 Å². The number of amides is 3. The second kappa shape index (κ2) is 9.69. The standard InChI is InChI=1S/C22H25N5O3/c1-3-20-24-17-11-7-8-12-19(17)27(20)14-22(30)26-25-21(29)13-18(23-15(2)28)16-9-5-4-6-10-16/h4-12,18H,3,13-14H2,1-2H3,(H,23,28)(H,25,29)(H,26,30)/t18-/m0/s1. The van der Waals surface area contributed by atoms with Gasteiger partial charge in [0.2, 0.25) is 11.8 Å². The number of aryl methyl sites for hydroxylation is 1. The molecule has 0 aliphatic rings. The Kier molecular flexibility index (Phi) is 6.79. The summed E-state index contributed by atoms with van der Waals surface area (Å²) >= 11 is 0. The molecule has 1 atom stereocenters. The SMILES string of the molecule is CCc1nc2ccccc2n1CC(=O)NNC(=O)C[C@H](NC(C)=O)c1ccccc1. The number of nitrogens with zero attached hydrogens (tertiary/aromatic N) is 2. The molecule has 3 aromatic rings. The highest BCUT2D eigenvalue weighted by molar-refractivity contribution is 5.84. The Labute approximate surface area is 174 Å². The zero-order valence-electron chi connectivity index (χ0n) is 17.0. The van der Waals surface area contributed by atoms with Crippen LogP contribution < -0.4 is 16.2 Å². The molecule has 0 unspecified atom stereocenters. The van der Waals surface area contributed by atoms with Gasteiger partial charge in [-0.3, -0.25) is 25.2 Å². The predicted molar refractivity (Wildman–Crippen MR) is 113 cm³/mol. The molecule has 0 saturated heterocycles. The minimum atomic E-state index is -0.482. The van der Waals surface area contributed by atoms with E-state index in [9.17, 15) is 14.4 Å². The van der Waals surface area contributed by atoms with Gasteiger partial charge < -0.3 is 9.88 Å². The zero-order valence-corrected chi connectivity index (χ0v) is 17.0. The topological polar surface area (TPSA) is 105 Å². The number of carbonyl (C=O) groups is 3. The first-order valence-electron chi connectivity index (χ1n) is 9.81. The first-order valence-corrected chi connectivity index (χ1v) is 9.81. The zero-order chi connectivity index (χ0) is 21.5. The van der Waals surface area contributed by atoms with Crippen molar-refractivity contribution >= 4 is 28.8 Å². The number of hydrogen-bond donors (Lipinski definition) is 3. The normalized spacial score (nSPS) is 11.7. The van der Waals surface area contributed by atoms with E-state index in [-0.39, 0.29) is 24.8 Å². The number of fused-ring (bicyclic) bond motifs is 1. The molecule has 3 N–H and O–H groups in total. The van der Waals surface area contributed by atoms with Crippen molar-refractivity contribution < 1.29 is 14.4 Å². The van der Waals surface area contributed by atoms with Crippen molar-refractivity contribution in [2.75, 3.05) is 0 Å². The van der Waals surface area contributed by atoms with Crippen LogP contribution in [0.4, 0.5) is 0 Å². The molecule has 0 bridgehead atoms. The Morgan fingerprint density at radius 2 is 1.63 bits per heavy atom. The molecule has 3 rings (SSSR count). The largest absolute Gasteiger partial charge is 0.349 e. The third-order valence-corrected chi connectivity index (χ3v) is 4.66. The van der Waals surface area contributed by atoms with E-state index in [1.54, 1.807) is 0 Å². The third-order valence-electron chi connectivity index (χ3n) is 4.66. The van der Waals surface area contributed by atoms with Gasteiger partial charge in [0, 0.05) is 13.3 Å². The summed E-state index contributed by atoms with van der Waals surface area (Å²) in [6.07, 6.45) is 0.682. The monoisotopic (exact) mass is 407 g/mol. The van der Waals surface area contributed by atoms with Crippen molar-refractivity contribution in [2.45, 2.75) is 39.3 Å².